The maximum Gasteiger partial charge on any atom is 0.162 e. The zero-order chi connectivity index (χ0) is 18.8. The highest BCUT2D eigenvalue weighted by Gasteiger charge is 2.31. The van der Waals surface area contributed by atoms with Crippen molar-refractivity contribution in [3.63, 3.8) is 0 Å². The molecule has 0 radical (unpaired) electrons. The number of para-hydroxylation sites is 1. The number of nitrogens with one attached hydrogen (secondary N) is 1. The van der Waals surface area contributed by atoms with Crippen LogP contribution >= 0.6 is 0 Å². The average molecular weight is 367 g/mol. The van der Waals surface area contributed by atoms with Crippen molar-refractivity contribution in [3.8, 4) is 11.5 Å². The van der Waals surface area contributed by atoms with Crippen molar-refractivity contribution in [2.75, 3.05) is 13.2 Å². The van der Waals surface area contributed by atoms with E-state index in [-0.39, 0.29) is 17.6 Å². The second kappa shape index (κ2) is 7.40. The first-order chi connectivity index (χ1) is 13.2. The van der Waals surface area contributed by atoms with Gasteiger partial charge in [0.2, 0.25) is 0 Å². The van der Waals surface area contributed by atoms with Gasteiger partial charge in [-0.05, 0) is 30.7 Å². The van der Waals surface area contributed by atoms with Crippen molar-refractivity contribution >= 4 is 0 Å². The minimum absolute atomic E-state index is 0.158. The molecule has 2 aromatic carbocycles. The fourth-order valence-corrected chi connectivity index (χ4v) is 3.73. The molecule has 0 amide bonds. The molecule has 0 bridgehead atoms. The van der Waals surface area contributed by atoms with Gasteiger partial charge in [0.25, 0.3) is 0 Å². The van der Waals surface area contributed by atoms with E-state index in [0.717, 1.165) is 35.5 Å². The molecule has 0 spiro atoms. The third-order valence-electron chi connectivity index (χ3n) is 4.95. The molecule has 1 aromatic heterocycles. The van der Waals surface area contributed by atoms with Crippen LogP contribution in [-0.2, 0) is 13.0 Å². The highest BCUT2D eigenvalue weighted by atomic mass is 19.1. The number of hydrogen-bond acceptors (Lipinski definition) is 4. The molecule has 0 aliphatic carbocycles. The number of phenolic OH excluding ortho intramolecular Hbond substituents is 1. The molecule has 1 aliphatic heterocycles. The fraction of sp³-hybridized carbons (Fsp3) is 0.286. The molecule has 3 aromatic rings. The Morgan fingerprint density at radius 3 is 2.96 bits per heavy atom. The maximum atomic E-state index is 13.9. The summed E-state index contributed by atoms with van der Waals surface area (Å²) >= 11 is 0. The number of ether oxygens (including phenoxy) is 1. The molecule has 0 saturated carbocycles. The lowest BCUT2D eigenvalue weighted by atomic mass is 9.95. The van der Waals surface area contributed by atoms with Crippen LogP contribution in [0.25, 0.3) is 0 Å². The lowest BCUT2D eigenvalue weighted by molar-refractivity contribution is 0.197. The number of fused-ring (bicyclic) bond motifs is 1. The Morgan fingerprint density at radius 1 is 1.30 bits per heavy atom. The summed E-state index contributed by atoms with van der Waals surface area (Å²) in [4.78, 5) is 9.90. The zero-order valence-electron chi connectivity index (χ0n) is 15.2. The quantitative estimate of drug-likeness (QED) is 0.720. The summed E-state index contributed by atoms with van der Waals surface area (Å²) < 4.78 is 19.4. The highest BCUT2D eigenvalue weighted by molar-refractivity contribution is 5.45. The number of aromatic nitrogens is 2. The number of benzene rings is 2. The molecule has 6 heteroatoms. The molecule has 0 fully saturated rings. The van der Waals surface area contributed by atoms with Crippen molar-refractivity contribution in [2.24, 2.45) is 0 Å². The number of nitrogens with zero attached hydrogens (tertiary/aromatic N) is 2. The third kappa shape index (κ3) is 3.40. The number of aromatic amines is 1. The van der Waals surface area contributed by atoms with E-state index in [4.69, 9.17) is 4.74 Å². The molecular weight excluding hydrogens is 345 g/mol. The van der Waals surface area contributed by atoms with E-state index >= 15 is 0 Å². The molecule has 27 heavy (non-hydrogen) atoms. The van der Waals surface area contributed by atoms with Gasteiger partial charge in [0, 0.05) is 30.8 Å². The Hall–Kier alpha value is -2.86. The van der Waals surface area contributed by atoms with Gasteiger partial charge in [-0.25, -0.2) is 9.37 Å². The predicted octanol–water partition coefficient (Wildman–Crippen LogP) is 3.80. The molecule has 1 aliphatic rings. The molecule has 1 atom stereocenters. The predicted molar refractivity (Wildman–Crippen MR) is 100 cm³/mol. The number of H-pyrrole nitrogens is 1. The summed E-state index contributed by atoms with van der Waals surface area (Å²) in [6.45, 7) is 3.66. The van der Waals surface area contributed by atoms with Crippen molar-refractivity contribution < 1.29 is 14.2 Å². The van der Waals surface area contributed by atoms with Crippen molar-refractivity contribution in [2.45, 2.75) is 25.9 Å². The van der Waals surface area contributed by atoms with Crippen LogP contribution in [-0.4, -0.2) is 33.1 Å². The van der Waals surface area contributed by atoms with Crippen LogP contribution in [0.15, 0.2) is 48.8 Å². The van der Waals surface area contributed by atoms with Gasteiger partial charge in [-0.2, -0.15) is 0 Å². The lowest BCUT2D eigenvalue weighted by Crippen LogP contribution is -2.36. The number of halogens is 1. The van der Waals surface area contributed by atoms with Gasteiger partial charge in [0.1, 0.15) is 5.82 Å². The second-order valence-electron chi connectivity index (χ2n) is 6.64. The zero-order valence-corrected chi connectivity index (χ0v) is 15.2. The summed E-state index contributed by atoms with van der Waals surface area (Å²) in [5, 5.41) is 10.6. The first-order valence-electron chi connectivity index (χ1n) is 9.12. The van der Waals surface area contributed by atoms with Crippen molar-refractivity contribution in [3.05, 3.63) is 77.1 Å². The monoisotopic (exact) mass is 367 g/mol. The van der Waals surface area contributed by atoms with Crippen LogP contribution < -0.4 is 4.74 Å². The Kier molecular flexibility index (Phi) is 4.81. The summed E-state index contributed by atoms with van der Waals surface area (Å²) in [6.07, 6.45) is 2.51. The largest absolute Gasteiger partial charge is 0.504 e. The first kappa shape index (κ1) is 17.5. The summed E-state index contributed by atoms with van der Waals surface area (Å²) in [7, 11) is 0. The Bertz CT molecular complexity index is 941. The van der Waals surface area contributed by atoms with Gasteiger partial charge < -0.3 is 14.8 Å². The van der Waals surface area contributed by atoms with Gasteiger partial charge in [0.15, 0.2) is 11.5 Å². The summed E-state index contributed by atoms with van der Waals surface area (Å²) in [5.74, 6) is 0.372. The topological polar surface area (TPSA) is 61.4 Å². The first-order valence-corrected chi connectivity index (χ1v) is 9.12. The lowest BCUT2D eigenvalue weighted by Gasteiger charge is -2.35. The van der Waals surface area contributed by atoms with E-state index in [9.17, 15) is 9.50 Å². The number of imidazole rings is 1. The normalized spacial score (nSPS) is 16.9. The van der Waals surface area contributed by atoms with E-state index in [1.165, 1.54) is 6.07 Å². The van der Waals surface area contributed by atoms with Gasteiger partial charge in [-0.3, -0.25) is 4.90 Å². The molecule has 4 rings (SSSR count). The summed E-state index contributed by atoms with van der Waals surface area (Å²) in [5.41, 5.74) is 3.62. The molecule has 2 heterocycles. The smallest absolute Gasteiger partial charge is 0.162 e. The molecule has 140 valence electrons. The maximum absolute atomic E-state index is 13.9. The van der Waals surface area contributed by atoms with E-state index in [1.807, 2.05) is 25.1 Å². The summed E-state index contributed by atoms with van der Waals surface area (Å²) in [6, 6.07) is 12.0. The van der Waals surface area contributed by atoms with Gasteiger partial charge in [-0.1, -0.05) is 24.3 Å². The number of phenols is 1. The second-order valence-corrected chi connectivity index (χ2v) is 6.64. The molecule has 5 nitrogen and oxygen atoms in total. The van der Waals surface area contributed by atoms with Crippen LogP contribution in [0.4, 0.5) is 4.39 Å². The van der Waals surface area contributed by atoms with Gasteiger partial charge in [0.05, 0.1) is 24.7 Å². The minimum Gasteiger partial charge on any atom is -0.504 e. The fourth-order valence-electron chi connectivity index (χ4n) is 3.73. The minimum atomic E-state index is -0.267. The van der Waals surface area contributed by atoms with Gasteiger partial charge in [-0.15, -0.1) is 0 Å². The third-order valence-corrected chi connectivity index (χ3v) is 4.95. The van der Waals surface area contributed by atoms with Crippen LogP contribution in [0, 0.1) is 5.82 Å². The van der Waals surface area contributed by atoms with E-state index < -0.39 is 0 Å². The molecular formula is C21H22FN3O2. The molecule has 0 saturated heterocycles. The number of aromatic hydroxyl groups is 1. The van der Waals surface area contributed by atoms with E-state index in [2.05, 4.69) is 14.9 Å². The molecule has 1 unspecified atom stereocenters. The van der Waals surface area contributed by atoms with Crippen LogP contribution in [0.5, 0.6) is 11.5 Å². The Morgan fingerprint density at radius 2 is 2.15 bits per heavy atom. The average Bonchev–Trinajstić information content (AvgIpc) is 3.13. The van der Waals surface area contributed by atoms with Crippen LogP contribution in [0.1, 0.15) is 35.5 Å². The van der Waals surface area contributed by atoms with E-state index in [0.29, 0.717) is 18.9 Å². The highest BCUT2D eigenvalue weighted by Crippen LogP contribution is 2.37. The Labute approximate surface area is 157 Å². The van der Waals surface area contributed by atoms with Crippen LogP contribution in [0.3, 0.4) is 0 Å². The number of rotatable bonds is 5. The number of hydrogen-bond donors (Lipinski definition) is 2. The van der Waals surface area contributed by atoms with Crippen LogP contribution in [0.2, 0.25) is 0 Å². The van der Waals surface area contributed by atoms with E-state index in [1.54, 1.807) is 24.5 Å². The van der Waals surface area contributed by atoms with Crippen molar-refractivity contribution in [1.82, 2.24) is 14.9 Å². The Balaban J connectivity index is 1.70. The standard InChI is InChI=1S/C21H22FN3O2/c1-2-27-18-8-4-6-15(21(18)26)12-25-10-9-17-19(24-13-23-17)20(25)14-5-3-7-16(22)11-14/h3-8,11,13,20,26H,2,9-10,12H2,1H3,(H,23,24). The molecule has 2 N–H and O–H groups in total. The SMILES string of the molecule is CCOc1cccc(CN2CCc3[nH]cnc3C2c2cccc(F)c2)c1O. The van der Waals surface area contributed by atoms with Gasteiger partial charge >= 0.3 is 0 Å². The van der Waals surface area contributed by atoms with Crippen molar-refractivity contribution in [1.29, 1.82) is 0 Å².